The normalized spacial score (nSPS) is 14.2. The van der Waals surface area contributed by atoms with Crippen LogP contribution in [0.3, 0.4) is 0 Å². The molecule has 22 heavy (non-hydrogen) atoms. The van der Waals surface area contributed by atoms with E-state index in [9.17, 15) is 8.42 Å². The number of sulfone groups is 1. The van der Waals surface area contributed by atoms with Gasteiger partial charge in [-0.05, 0) is 13.3 Å². The molecule has 0 bridgehead atoms. The standard InChI is InChI=1S/C13H21N5O2S2/c1-10(4-7-22(3,19)20)16-12(14-2)15-8-11-9-18-5-6-21-13(18)17-11/h5-6,9-10H,4,7-8H2,1-3H3,(H2,14,15,16). The molecule has 7 nitrogen and oxygen atoms in total. The predicted octanol–water partition coefficient (Wildman–Crippen LogP) is 0.884. The molecule has 0 aromatic carbocycles. The largest absolute Gasteiger partial charge is 0.354 e. The minimum Gasteiger partial charge on any atom is -0.354 e. The molecule has 0 saturated carbocycles. The van der Waals surface area contributed by atoms with Gasteiger partial charge in [-0.1, -0.05) is 0 Å². The van der Waals surface area contributed by atoms with E-state index in [1.165, 1.54) is 6.26 Å². The van der Waals surface area contributed by atoms with Crippen molar-refractivity contribution < 1.29 is 8.42 Å². The molecule has 0 amide bonds. The van der Waals surface area contributed by atoms with E-state index in [1.54, 1.807) is 18.4 Å². The second-order valence-electron chi connectivity index (χ2n) is 5.21. The summed E-state index contributed by atoms with van der Waals surface area (Å²) in [7, 11) is -1.25. The summed E-state index contributed by atoms with van der Waals surface area (Å²) in [5.41, 5.74) is 0.929. The third kappa shape index (κ3) is 4.99. The first-order chi connectivity index (χ1) is 10.4. The molecule has 2 rings (SSSR count). The van der Waals surface area contributed by atoms with Crippen molar-refractivity contribution in [3.63, 3.8) is 0 Å². The summed E-state index contributed by atoms with van der Waals surface area (Å²) in [4.78, 5) is 9.59. The second-order valence-corrected chi connectivity index (χ2v) is 8.35. The van der Waals surface area contributed by atoms with E-state index in [0.717, 1.165) is 10.7 Å². The first-order valence-corrected chi connectivity index (χ1v) is 9.87. The fourth-order valence-corrected chi connectivity index (χ4v) is 3.43. The van der Waals surface area contributed by atoms with Crippen LogP contribution in [0.25, 0.3) is 4.96 Å². The summed E-state index contributed by atoms with van der Waals surface area (Å²) in [6, 6.07) is 0.0198. The topological polar surface area (TPSA) is 87.9 Å². The monoisotopic (exact) mass is 343 g/mol. The maximum Gasteiger partial charge on any atom is 0.193 e. The lowest BCUT2D eigenvalue weighted by Crippen LogP contribution is -2.42. The summed E-state index contributed by atoms with van der Waals surface area (Å²) in [5, 5.41) is 8.35. The van der Waals surface area contributed by atoms with Crippen LogP contribution in [-0.2, 0) is 16.4 Å². The number of aromatic nitrogens is 2. The van der Waals surface area contributed by atoms with E-state index in [-0.39, 0.29) is 11.8 Å². The molecule has 2 heterocycles. The van der Waals surface area contributed by atoms with Crippen LogP contribution in [0, 0.1) is 0 Å². The highest BCUT2D eigenvalue weighted by Crippen LogP contribution is 2.10. The van der Waals surface area contributed by atoms with Gasteiger partial charge in [-0.3, -0.25) is 9.39 Å². The van der Waals surface area contributed by atoms with Crippen molar-refractivity contribution in [3.05, 3.63) is 23.5 Å². The first-order valence-electron chi connectivity index (χ1n) is 6.93. The molecule has 2 aromatic heterocycles. The van der Waals surface area contributed by atoms with Gasteiger partial charge in [-0.25, -0.2) is 13.4 Å². The number of aliphatic imine (C=N–C) groups is 1. The zero-order valence-electron chi connectivity index (χ0n) is 12.9. The van der Waals surface area contributed by atoms with Crippen LogP contribution in [0.15, 0.2) is 22.8 Å². The maximum absolute atomic E-state index is 11.2. The Kier molecular flexibility index (Phi) is 5.41. The predicted molar refractivity (Wildman–Crippen MR) is 90.2 cm³/mol. The molecular weight excluding hydrogens is 322 g/mol. The molecule has 2 aromatic rings. The lowest BCUT2D eigenvalue weighted by atomic mass is 10.3. The van der Waals surface area contributed by atoms with Gasteiger partial charge in [0, 0.05) is 37.1 Å². The zero-order valence-corrected chi connectivity index (χ0v) is 14.5. The van der Waals surface area contributed by atoms with E-state index in [0.29, 0.717) is 18.9 Å². The van der Waals surface area contributed by atoms with Gasteiger partial charge in [0.15, 0.2) is 10.9 Å². The number of imidazole rings is 1. The van der Waals surface area contributed by atoms with Crippen LogP contribution in [0.2, 0.25) is 0 Å². The second kappa shape index (κ2) is 7.10. The van der Waals surface area contributed by atoms with Gasteiger partial charge < -0.3 is 10.6 Å². The lowest BCUT2D eigenvalue weighted by molar-refractivity contribution is 0.581. The summed E-state index contributed by atoms with van der Waals surface area (Å²) in [6.07, 6.45) is 5.73. The third-order valence-electron chi connectivity index (χ3n) is 3.11. The Balaban J connectivity index is 1.83. The quantitative estimate of drug-likeness (QED) is 0.601. The molecule has 2 N–H and O–H groups in total. The fourth-order valence-electron chi connectivity index (χ4n) is 1.93. The zero-order chi connectivity index (χ0) is 16.2. The highest BCUT2D eigenvalue weighted by molar-refractivity contribution is 7.90. The Morgan fingerprint density at radius 2 is 2.32 bits per heavy atom. The Hall–Kier alpha value is -1.61. The molecule has 1 atom stereocenters. The highest BCUT2D eigenvalue weighted by atomic mass is 32.2. The third-order valence-corrected chi connectivity index (χ3v) is 4.86. The summed E-state index contributed by atoms with van der Waals surface area (Å²) < 4.78 is 24.3. The van der Waals surface area contributed by atoms with Gasteiger partial charge in [0.25, 0.3) is 0 Å². The number of guanidine groups is 1. The van der Waals surface area contributed by atoms with Crippen LogP contribution in [-0.4, -0.2) is 48.9 Å². The molecule has 122 valence electrons. The maximum atomic E-state index is 11.2. The Morgan fingerprint density at radius 1 is 1.55 bits per heavy atom. The number of hydrogen-bond acceptors (Lipinski definition) is 5. The van der Waals surface area contributed by atoms with Crippen molar-refractivity contribution in [2.24, 2.45) is 4.99 Å². The van der Waals surface area contributed by atoms with Crippen LogP contribution in [0.5, 0.6) is 0 Å². The Morgan fingerprint density at radius 3 is 2.95 bits per heavy atom. The molecule has 9 heteroatoms. The molecule has 0 fully saturated rings. The molecule has 0 aliphatic rings. The van der Waals surface area contributed by atoms with E-state index in [2.05, 4.69) is 20.6 Å². The fraction of sp³-hybridized carbons (Fsp3) is 0.538. The van der Waals surface area contributed by atoms with Gasteiger partial charge in [0.1, 0.15) is 9.84 Å². The van der Waals surface area contributed by atoms with Gasteiger partial charge in [0.2, 0.25) is 0 Å². The van der Waals surface area contributed by atoms with E-state index in [4.69, 9.17) is 0 Å². The van der Waals surface area contributed by atoms with E-state index >= 15 is 0 Å². The number of thiazole rings is 1. The molecule has 0 spiro atoms. The number of hydrogen-bond donors (Lipinski definition) is 2. The Bertz CT molecular complexity index is 719. The number of rotatable bonds is 6. The molecule has 0 radical (unpaired) electrons. The number of nitrogens with zero attached hydrogens (tertiary/aromatic N) is 3. The molecule has 0 aliphatic heterocycles. The minimum absolute atomic E-state index is 0.0198. The van der Waals surface area contributed by atoms with Crippen LogP contribution < -0.4 is 10.6 Å². The van der Waals surface area contributed by atoms with Gasteiger partial charge >= 0.3 is 0 Å². The first kappa shape index (κ1) is 16.8. The van der Waals surface area contributed by atoms with Crippen LogP contribution in [0.1, 0.15) is 19.0 Å². The van der Waals surface area contributed by atoms with Crippen molar-refractivity contribution in [1.82, 2.24) is 20.0 Å². The Labute approximate surface area is 134 Å². The average molecular weight is 343 g/mol. The summed E-state index contributed by atoms with van der Waals surface area (Å²) in [6.45, 7) is 2.50. The smallest absolute Gasteiger partial charge is 0.193 e. The van der Waals surface area contributed by atoms with Crippen LogP contribution >= 0.6 is 11.3 Å². The lowest BCUT2D eigenvalue weighted by Gasteiger charge is -2.17. The van der Waals surface area contributed by atoms with Crippen molar-refractivity contribution in [1.29, 1.82) is 0 Å². The van der Waals surface area contributed by atoms with Crippen molar-refractivity contribution in [3.8, 4) is 0 Å². The highest BCUT2D eigenvalue weighted by Gasteiger charge is 2.10. The average Bonchev–Trinajstić information content (AvgIpc) is 3.01. The molecular formula is C13H21N5O2S2. The van der Waals surface area contributed by atoms with Gasteiger partial charge in [-0.2, -0.15) is 0 Å². The van der Waals surface area contributed by atoms with E-state index in [1.807, 2.05) is 29.1 Å². The van der Waals surface area contributed by atoms with Crippen molar-refractivity contribution >= 4 is 32.1 Å². The molecule has 0 saturated heterocycles. The van der Waals surface area contributed by atoms with Crippen LogP contribution in [0.4, 0.5) is 0 Å². The number of nitrogens with one attached hydrogen (secondary N) is 2. The SMILES string of the molecule is CN=C(NCc1cn2ccsc2n1)NC(C)CCS(C)(=O)=O. The van der Waals surface area contributed by atoms with Gasteiger partial charge in [0.05, 0.1) is 18.0 Å². The number of fused-ring (bicyclic) bond motifs is 1. The minimum atomic E-state index is -2.94. The van der Waals surface area contributed by atoms with Crippen molar-refractivity contribution in [2.45, 2.75) is 25.9 Å². The summed E-state index contributed by atoms with van der Waals surface area (Å²) >= 11 is 1.59. The van der Waals surface area contributed by atoms with Crippen molar-refractivity contribution in [2.75, 3.05) is 19.1 Å². The van der Waals surface area contributed by atoms with E-state index < -0.39 is 9.84 Å². The molecule has 0 aliphatic carbocycles. The summed E-state index contributed by atoms with van der Waals surface area (Å²) in [5.74, 6) is 0.799. The molecule has 1 unspecified atom stereocenters. The van der Waals surface area contributed by atoms with Gasteiger partial charge in [-0.15, -0.1) is 11.3 Å².